The molecule has 1 amide bonds. The third-order valence-electron chi connectivity index (χ3n) is 3.55. The second-order valence-electron chi connectivity index (χ2n) is 5.58. The molecule has 2 heterocycles. The van der Waals surface area contributed by atoms with E-state index in [-0.39, 0.29) is 22.7 Å². The second kappa shape index (κ2) is 6.17. The molecule has 0 bridgehead atoms. The number of carbonyl (C=O) groups excluding carboxylic acids is 1. The van der Waals surface area contributed by atoms with Crippen molar-refractivity contribution in [2.75, 3.05) is 27.2 Å². The number of hydrogen-bond acceptors (Lipinski definition) is 5. The van der Waals surface area contributed by atoms with Gasteiger partial charge >= 0.3 is 0 Å². The molecule has 0 fully saturated rings. The number of rotatable bonds is 5. The van der Waals surface area contributed by atoms with Gasteiger partial charge in [0, 0.05) is 6.54 Å². The van der Waals surface area contributed by atoms with Crippen molar-refractivity contribution in [1.29, 1.82) is 0 Å². The number of para-hydroxylation sites is 2. The van der Waals surface area contributed by atoms with E-state index in [0.29, 0.717) is 17.6 Å². The van der Waals surface area contributed by atoms with Crippen LogP contribution in [0.15, 0.2) is 29.1 Å². The standard InChI is InChI=1S/C15H18N6O2/c1-20(2)9-5-8-16-14(22)12-13-15(23)17-10-6-3-4-7-11(10)21(13)19-18-12/h3-4,6-7H,5,8-9H2,1-2H3,(H,16,22)(H,17,23). The molecule has 0 aliphatic carbocycles. The molecule has 8 heteroatoms. The molecule has 0 saturated heterocycles. The summed E-state index contributed by atoms with van der Waals surface area (Å²) < 4.78 is 1.41. The minimum atomic E-state index is -0.389. The van der Waals surface area contributed by atoms with Crippen molar-refractivity contribution in [3.63, 3.8) is 0 Å². The fraction of sp³-hybridized carbons (Fsp3) is 0.333. The van der Waals surface area contributed by atoms with E-state index in [4.69, 9.17) is 0 Å². The first-order valence-corrected chi connectivity index (χ1v) is 7.37. The Morgan fingerprint density at radius 2 is 2.13 bits per heavy atom. The maximum Gasteiger partial charge on any atom is 0.277 e. The van der Waals surface area contributed by atoms with E-state index in [2.05, 4.69) is 20.6 Å². The number of H-pyrrole nitrogens is 1. The fourth-order valence-corrected chi connectivity index (χ4v) is 2.43. The molecule has 2 aromatic heterocycles. The van der Waals surface area contributed by atoms with Crippen molar-refractivity contribution in [2.24, 2.45) is 0 Å². The van der Waals surface area contributed by atoms with Crippen LogP contribution in [0.25, 0.3) is 16.6 Å². The van der Waals surface area contributed by atoms with Crippen molar-refractivity contribution in [1.82, 2.24) is 30.0 Å². The lowest BCUT2D eigenvalue weighted by atomic mass is 10.3. The first kappa shape index (κ1) is 15.2. The molecule has 1 aromatic carbocycles. The minimum Gasteiger partial charge on any atom is -0.351 e. The van der Waals surface area contributed by atoms with Crippen molar-refractivity contribution in [3.8, 4) is 0 Å². The van der Waals surface area contributed by atoms with Gasteiger partial charge in [-0.25, -0.2) is 4.52 Å². The van der Waals surface area contributed by atoms with Crippen LogP contribution in [-0.2, 0) is 0 Å². The quantitative estimate of drug-likeness (QED) is 0.658. The van der Waals surface area contributed by atoms with Crippen molar-refractivity contribution in [3.05, 3.63) is 40.3 Å². The number of carbonyl (C=O) groups is 1. The highest BCUT2D eigenvalue weighted by molar-refractivity contribution is 5.99. The molecule has 0 unspecified atom stereocenters. The van der Waals surface area contributed by atoms with Gasteiger partial charge in [0.25, 0.3) is 11.5 Å². The molecule has 0 atom stereocenters. The van der Waals surface area contributed by atoms with Gasteiger partial charge < -0.3 is 15.2 Å². The summed E-state index contributed by atoms with van der Waals surface area (Å²) in [5, 5.41) is 10.6. The van der Waals surface area contributed by atoms with Crippen LogP contribution < -0.4 is 10.9 Å². The van der Waals surface area contributed by atoms with Gasteiger partial charge in [-0.1, -0.05) is 17.3 Å². The van der Waals surface area contributed by atoms with Gasteiger partial charge in [0.2, 0.25) is 0 Å². The Hall–Kier alpha value is -2.74. The van der Waals surface area contributed by atoms with Gasteiger partial charge in [0.05, 0.1) is 11.0 Å². The number of aromatic nitrogens is 4. The maximum absolute atomic E-state index is 12.3. The number of amides is 1. The van der Waals surface area contributed by atoms with Crippen LogP contribution in [0.1, 0.15) is 16.9 Å². The normalized spacial score (nSPS) is 11.4. The second-order valence-corrected chi connectivity index (χ2v) is 5.58. The molecule has 0 aliphatic rings. The van der Waals surface area contributed by atoms with Crippen molar-refractivity contribution < 1.29 is 4.79 Å². The monoisotopic (exact) mass is 314 g/mol. The average molecular weight is 314 g/mol. The molecule has 0 aliphatic heterocycles. The van der Waals surface area contributed by atoms with Crippen LogP contribution in [0.4, 0.5) is 0 Å². The molecular weight excluding hydrogens is 296 g/mol. The van der Waals surface area contributed by atoms with Gasteiger partial charge in [-0.2, -0.15) is 0 Å². The number of nitrogens with zero attached hydrogens (tertiary/aromatic N) is 4. The Labute approximate surface area is 132 Å². The molecule has 3 rings (SSSR count). The number of benzene rings is 1. The van der Waals surface area contributed by atoms with Crippen LogP contribution in [-0.4, -0.2) is 57.8 Å². The lowest BCUT2D eigenvalue weighted by Crippen LogP contribution is -2.28. The zero-order valence-electron chi connectivity index (χ0n) is 13.0. The predicted molar refractivity (Wildman–Crippen MR) is 86.6 cm³/mol. The van der Waals surface area contributed by atoms with Crippen LogP contribution in [0.3, 0.4) is 0 Å². The number of hydrogen-bond donors (Lipinski definition) is 2. The molecule has 8 nitrogen and oxygen atoms in total. The third kappa shape index (κ3) is 2.93. The van der Waals surface area contributed by atoms with Crippen molar-refractivity contribution >= 4 is 22.5 Å². The van der Waals surface area contributed by atoms with Gasteiger partial charge in [0.15, 0.2) is 11.2 Å². The first-order chi connectivity index (χ1) is 11.1. The summed E-state index contributed by atoms with van der Waals surface area (Å²) in [5.41, 5.74) is 1.16. The van der Waals surface area contributed by atoms with Gasteiger partial charge in [-0.05, 0) is 39.2 Å². The van der Waals surface area contributed by atoms with E-state index in [0.717, 1.165) is 13.0 Å². The molecule has 0 spiro atoms. The topological polar surface area (TPSA) is 95.4 Å². The lowest BCUT2D eigenvalue weighted by molar-refractivity contribution is 0.0949. The Kier molecular flexibility index (Phi) is 4.07. The molecule has 3 aromatic rings. The summed E-state index contributed by atoms with van der Waals surface area (Å²) in [6.45, 7) is 1.38. The highest BCUT2D eigenvalue weighted by atomic mass is 16.2. The lowest BCUT2D eigenvalue weighted by Gasteiger charge is -2.09. The SMILES string of the molecule is CN(C)CCCNC(=O)c1nnn2c1c(=O)[nH]c1ccccc12. The van der Waals surface area contributed by atoms with Crippen LogP contribution >= 0.6 is 0 Å². The largest absolute Gasteiger partial charge is 0.351 e. The summed E-state index contributed by atoms with van der Waals surface area (Å²) >= 11 is 0. The van der Waals surface area contributed by atoms with Crippen LogP contribution in [0.5, 0.6) is 0 Å². The van der Waals surface area contributed by atoms with E-state index in [1.807, 2.05) is 37.2 Å². The van der Waals surface area contributed by atoms with E-state index < -0.39 is 0 Å². The predicted octanol–water partition coefficient (Wildman–Crippen LogP) is 0.252. The minimum absolute atomic E-state index is 0.0434. The molecule has 0 radical (unpaired) electrons. The first-order valence-electron chi connectivity index (χ1n) is 7.37. The molecule has 2 N–H and O–H groups in total. The zero-order valence-corrected chi connectivity index (χ0v) is 13.0. The Morgan fingerprint density at radius 3 is 2.91 bits per heavy atom. The highest BCUT2D eigenvalue weighted by Gasteiger charge is 2.19. The zero-order chi connectivity index (χ0) is 16.4. The van der Waals surface area contributed by atoms with Gasteiger partial charge in [0.1, 0.15) is 0 Å². The van der Waals surface area contributed by atoms with Crippen molar-refractivity contribution in [2.45, 2.75) is 6.42 Å². The summed E-state index contributed by atoms with van der Waals surface area (Å²) in [6, 6.07) is 7.24. The van der Waals surface area contributed by atoms with Gasteiger partial charge in [-0.15, -0.1) is 5.10 Å². The fourth-order valence-electron chi connectivity index (χ4n) is 2.43. The van der Waals surface area contributed by atoms with E-state index in [1.54, 1.807) is 6.07 Å². The molecule has 120 valence electrons. The van der Waals surface area contributed by atoms with Crippen LogP contribution in [0.2, 0.25) is 0 Å². The average Bonchev–Trinajstić information content (AvgIpc) is 2.97. The number of nitrogens with one attached hydrogen (secondary N) is 2. The number of aromatic amines is 1. The summed E-state index contributed by atoms with van der Waals surface area (Å²) in [7, 11) is 3.94. The highest BCUT2D eigenvalue weighted by Crippen LogP contribution is 2.12. The van der Waals surface area contributed by atoms with E-state index >= 15 is 0 Å². The number of fused-ring (bicyclic) bond motifs is 3. The summed E-state index contributed by atoms with van der Waals surface area (Å²) in [5.74, 6) is -0.389. The smallest absolute Gasteiger partial charge is 0.277 e. The van der Waals surface area contributed by atoms with E-state index in [1.165, 1.54) is 4.52 Å². The Balaban J connectivity index is 1.92. The molecule has 0 saturated carbocycles. The van der Waals surface area contributed by atoms with Crippen LogP contribution in [0, 0.1) is 0 Å². The third-order valence-corrected chi connectivity index (χ3v) is 3.55. The Morgan fingerprint density at radius 1 is 1.35 bits per heavy atom. The maximum atomic E-state index is 12.3. The molecule has 23 heavy (non-hydrogen) atoms. The van der Waals surface area contributed by atoms with E-state index in [9.17, 15) is 9.59 Å². The molecular formula is C15H18N6O2. The van der Waals surface area contributed by atoms with Gasteiger partial charge in [-0.3, -0.25) is 9.59 Å². The summed E-state index contributed by atoms with van der Waals surface area (Å²) in [4.78, 5) is 29.3. The Bertz CT molecular complexity index is 911. The summed E-state index contributed by atoms with van der Waals surface area (Å²) in [6.07, 6.45) is 0.817.